The van der Waals surface area contributed by atoms with E-state index < -0.39 is 0 Å². The molecule has 0 aliphatic heterocycles. The largest absolute Gasteiger partial charge is 0.336 e. The quantitative estimate of drug-likeness (QED) is 0.307. The summed E-state index contributed by atoms with van der Waals surface area (Å²) in [4.78, 5) is 35.4. The lowest BCUT2D eigenvalue weighted by molar-refractivity contribution is -0.116. The van der Waals surface area contributed by atoms with E-state index in [0.29, 0.717) is 34.1 Å². The van der Waals surface area contributed by atoms with Crippen LogP contribution in [0.4, 0.5) is 10.1 Å². The van der Waals surface area contributed by atoms with Gasteiger partial charge >= 0.3 is 0 Å². The lowest BCUT2D eigenvalue weighted by atomic mass is 10.1. The van der Waals surface area contributed by atoms with Crippen LogP contribution in [0.5, 0.6) is 0 Å². The zero-order valence-corrected chi connectivity index (χ0v) is 20.5. The molecule has 6 aromatic rings. The number of benzene rings is 1. The highest BCUT2D eigenvalue weighted by molar-refractivity contribution is 5.96. The zero-order valence-electron chi connectivity index (χ0n) is 20.5. The fraction of sp³-hybridized carbons (Fsp3) is 0.111. The van der Waals surface area contributed by atoms with Crippen LogP contribution < -0.4 is 5.32 Å². The van der Waals surface area contributed by atoms with E-state index in [9.17, 15) is 9.18 Å². The maximum absolute atomic E-state index is 13.4. The molecule has 0 unspecified atom stereocenters. The average molecular weight is 508 g/mol. The molecule has 3 N–H and O–H groups in total. The molecule has 38 heavy (non-hydrogen) atoms. The molecule has 0 saturated heterocycles. The molecule has 0 radical (unpaired) electrons. The van der Waals surface area contributed by atoms with Crippen LogP contribution in [-0.4, -0.2) is 66.6 Å². The molecule has 0 bridgehead atoms. The van der Waals surface area contributed by atoms with Crippen molar-refractivity contribution in [3.8, 4) is 33.9 Å². The number of aromatic nitrogens is 7. The third-order valence-corrected chi connectivity index (χ3v) is 5.97. The second kappa shape index (κ2) is 9.45. The van der Waals surface area contributed by atoms with Gasteiger partial charge in [-0.25, -0.2) is 14.4 Å². The summed E-state index contributed by atoms with van der Waals surface area (Å²) in [5, 5.41) is 11.1. The Hall–Kier alpha value is -5.03. The number of aromatic amines is 2. The highest BCUT2D eigenvalue weighted by atomic mass is 19.1. The standard InChI is InChI=1S/C27H22FN9O/c1-37(2)14-22(38)32-19-9-16(11-29-13-19)17-10-20-24(35-36-26(20)31-12-17)27-33-21-7-8-30-23(25(21)34-27)15-3-5-18(28)6-4-15/h3-13H,14H2,1-2H3,(H,32,38)(H,33,34)(H,31,35,36). The van der Waals surface area contributed by atoms with Crippen molar-refractivity contribution in [2.24, 2.45) is 0 Å². The van der Waals surface area contributed by atoms with Gasteiger partial charge in [0.1, 0.15) is 17.0 Å². The first-order valence-electron chi connectivity index (χ1n) is 11.8. The summed E-state index contributed by atoms with van der Waals surface area (Å²) >= 11 is 0. The van der Waals surface area contributed by atoms with Gasteiger partial charge in [0.2, 0.25) is 5.91 Å². The van der Waals surface area contributed by atoms with E-state index in [0.717, 1.165) is 27.6 Å². The molecule has 0 aliphatic carbocycles. The van der Waals surface area contributed by atoms with Gasteiger partial charge in [-0.2, -0.15) is 5.10 Å². The van der Waals surface area contributed by atoms with Crippen LogP contribution in [0.1, 0.15) is 0 Å². The van der Waals surface area contributed by atoms with Gasteiger partial charge in [-0.05, 0) is 56.6 Å². The summed E-state index contributed by atoms with van der Waals surface area (Å²) in [6.45, 7) is 0.270. The minimum Gasteiger partial charge on any atom is -0.336 e. The Morgan fingerprint density at radius 2 is 1.79 bits per heavy atom. The van der Waals surface area contributed by atoms with Gasteiger partial charge in [-0.1, -0.05) is 0 Å². The van der Waals surface area contributed by atoms with Crippen molar-refractivity contribution in [2.75, 3.05) is 26.0 Å². The van der Waals surface area contributed by atoms with Crippen LogP contribution in [0, 0.1) is 5.82 Å². The number of pyridine rings is 3. The summed E-state index contributed by atoms with van der Waals surface area (Å²) in [6, 6.07) is 11.8. The predicted octanol–water partition coefficient (Wildman–Crippen LogP) is 4.26. The SMILES string of the molecule is CN(C)CC(=O)Nc1cncc(-c2cnc3[nH]nc(-c4nc5c(-c6ccc(F)cc6)nccc5[nH]4)c3c2)c1. The summed E-state index contributed by atoms with van der Waals surface area (Å²) in [7, 11) is 3.67. The fourth-order valence-electron chi connectivity index (χ4n) is 4.26. The van der Waals surface area contributed by atoms with Crippen LogP contribution in [0.25, 0.3) is 56.0 Å². The second-order valence-electron chi connectivity index (χ2n) is 9.09. The fourth-order valence-corrected chi connectivity index (χ4v) is 4.26. The molecule has 5 aromatic heterocycles. The predicted molar refractivity (Wildman–Crippen MR) is 143 cm³/mol. The molecule has 11 heteroatoms. The molecule has 188 valence electrons. The van der Waals surface area contributed by atoms with E-state index >= 15 is 0 Å². The van der Waals surface area contributed by atoms with Crippen molar-refractivity contribution in [3.63, 3.8) is 0 Å². The van der Waals surface area contributed by atoms with E-state index in [1.54, 1.807) is 41.8 Å². The van der Waals surface area contributed by atoms with Crippen LogP contribution in [-0.2, 0) is 4.79 Å². The number of hydrogen-bond donors (Lipinski definition) is 3. The van der Waals surface area contributed by atoms with E-state index in [1.807, 2.05) is 32.3 Å². The van der Waals surface area contributed by atoms with Gasteiger partial charge in [0.05, 0.1) is 35.0 Å². The van der Waals surface area contributed by atoms with Crippen molar-refractivity contribution in [2.45, 2.75) is 0 Å². The molecular formula is C27H22FN9O. The van der Waals surface area contributed by atoms with Gasteiger partial charge in [-0.3, -0.25) is 19.9 Å². The third kappa shape index (κ3) is 4.46. The molecule has 1 aromatic carbocycles. The molecule has 0 spiro atoms. The zero-order chi connectivity index (χ0) is 26.2. The van der Waals surface area contributed by atoms with Crippen LogP contribution in [0.3, 0.4) is 0 Å². The number of likely N-dealkylation sites (N-methyl/N-ethyl adjacent to an activating group) is 1. The smallest absolute Gasteiger partial charge is 0.238 e. The minimum absolute atomic E-state index is 0.126. The molecule has 0 fully saturated rings. The number of carbonyl (C=O) groups is 1. The van der Waals surface area contributed by atoms with E-state index in [1.165, 1.54) is 12.1 Å². The Labute approximate surface area is 216 Å². The average Bonchev–Trinajstić information content (AvgIpc) is 3.52. The van der Waals surface area contributed by atoms with Crippen LogP contribution in [0.15, 0.2) is 67.3 Å². The van der Waals surface area contributed by atoms with E-state index in [2.05, 4.69) is 35.5 Å². The highest BCUT2D eigenvalue weighted by Crippen LogP contribution is 2.32. The van der Waals surface area contributed by atoms with Crippen molar-refractivity contribution in [1.82, 2.24) is 40.0 Å². The number of imidazole rings is 1. The number of fused-ring (bicyclic) bond motifs is 2. The monoisotopic (exact) mass is 507 g/mol. The Balaban J connectivity index is 1.38. The molecule has 5 heterocycles. The number of hydrogen-bond acceptors (Lipinski definition) is 7. The van der Waals surface area contributed by atoms with Gasteiger partial charge in [-0.15, -0.1) is 0 Å². The first-order valence-corrected chi connectivity index (χ1v) is 11.8. The highest BCUT2D eigenvalue weighted by Gasteiger charge is 2.17. The van der Waals surface area contributed by atoms with Gasteiger partial charge < -0.3 is 15.2 Å². The molecule has 1 amide bonds. The number of H-pyrrole nitrogens is 2. The Kier molecular flexibility index (Phi) is 5.81. The summed E-state index contributed by atoms with van der Waals surface area (Å²) in [6.07, 6.45) is 6.73. The molecular weight excluding hydrogens is 485 g/mol. The second-order valence-corrected chi connectivity index (χ2v) is 9.09. The normalized spacial score (nSPS) is 11.5. The Morgan fingerprint density at radius 3 is 2.61 bits per heavy atom. The lowest BCUT2D eigenvalue weighted by Gasteiger charge is -2.10. The van der Waals surface area contributed by atoms with E-state index in [4.69, 9.17) is 4.98 Å². The van der Waals surface area contributed by atoms with Crippen molar-refractivity contribution in [3.05, 3.63) is 73.1 Å². The Bertz CT molecular complexity index is 1790. The Morgan fingerprint density at radius 1 is 0.974 bits per heavy atom. The molecule has 6 rings (SSSR count). The third-order valence-electron chi connectivity index (χ3n) is 5.97. The minimum atomic E-state index is -0.313. The number of amides is 1. The number of rotatable bonds is 6. The van der Waals surface area contributed by atoms with Gasteiger partial charge in [0.25, 0.3) is 0 Å². The first kappa shape index (κ1) is 23.4. The maximum Gasteiger partial charge on any atom is 0.238 e. The number of nitrogens with zero attached hydrogens (tertiary/aromatic N) is 6. The topological polar surface area (TPSA) is 128 Å². The molecule has 0 aliphatic rings. The number of halogens is 1. The molecule has 10 nitrogen and oxygen atoms in total. The summed E-state index contributed by atoms with van der Waals surface area (Å²) in [5.74, 6) is 0.107. The van der Waals surface area contributed by atoms with Gasteiger partial charge in [0, 0.05) is 35.3 Å². The number of nitrogens with one attached hydrogen (secondary N) is 3. The number of carbonyl (C=O) groups excluding carboxylic acids is 1. The van der Waals surface area contributed by atoms with Crippen LogP contribution >= 0.6 is 0 Å². The van der Waals surface area contributed by atoms with E-state index in [-0.39, 0.29) is 18.3 Å². The van der Waals surface area contributed by atoms with Crippen LogP contribution in [0.2, 0.25) is 0 Å². The van der Waals surface area contributed by atoms with Crippen molar-refractivity contribution in [1.29, 1.82) is 0 Å². The molecule has 0 atom stereocenters. The van der Waals surface area contributed by atoms with Crippen molar-refractivity contribution >= 4 is 33.7 Å². The molecule has 0 saturated carbocycles. The number of anilines is 1. The maximum atomic E-state index is 13.4. The first-order chi connectivity index (χ1) is 18.4. The van der Waals surface area contributed by atoms with Crippen molar-refractivity contribution < 1.29 is 9.18 Å². The summed E-state index contributed by atoms with van der Waals surface area (Å²) in [5.41, 5.74) is 6.23. The van der Waals surface area contributed by atoms with Gasteiger partial charge in [0.15, 0.2) is 11.5 Å². The lowest BCUT2D eigenvalue weighted by Crippen LogP contribution is -2.27. The summed E-state index contributed by atoms with van der Waals surface area (Å²) < 4.78 is 13.4.